The zero-order chi connectivity index (χ0) is 9.35. The van der Waals surface area contributed by atoms with E-state index >= 15 is 0 Å². The number of aromatic nitrogens is 2. The third-order valence-corrected chi connectivity index (χ3v) is 2.93. The first-order chi connectivity index (χ1) is 5.49. The zero-order valence-electron chi connectivity index (χ0n) is 6.77. The Morgan fingerprint density at radius 2 is 2.25 bits per heavy atom. The Kier molecular flexibility index (Phi) is 2.18. The molecule has 3 N–H and O–H groups in total. The lowest BCUT2D eigenvalue weighted by Crippen LogP contribution is -2.30. The smallest absolute Gasteiger partial charge is 0.256 e. The summed E-state index contributed by atoms with van der Waals surface area (Å²) in [6.45, 7) is 1.65. The van der Waals surface area contributed by atoms with Gasteiger partial charge in [0.1, 0.15) is 4.90 Å². The molecule has 1 rings (SSSR count). The van der Waals surface area contributed by atoms with Gasteiger partial charge in [0.15, 0.2) is 0 Å². The predicted molar refractivity (Wildman–Crippen MR) is 42.5 cm³/mol. The highest BCUT2D eigenvalue weighted by molar-refractivity contribution is 7.89. The summed E-state index contributed by atoms with van der Waals surface area (Å²) in [5.74, 6) is 4.84. The Labute approximate surface area is 70.4 Å². The number of aryl methyl sites for hydroxylation is 1. The molecule has 0 fully saturated rings. The Hall–Kier alpha value is -0.920. The van der Waals surface area contributed by atoms with Crippen LogP contribution in [0.4, 0.5) is 0 Å². The fourth-order valence-electron chi connectivity index (χ4n) is 0.806. The fourth-order valence-corrected chi connectivity index (χ4v) is 1.64. The van der Waals surface area contributed by atoms with E-state index in [1.54, 1.807) is 18.8 Å². The van der Waals surface area contributed by atoms with Gasteiger partial charge in [-0.05, 0) is 6.92 Å². The lowest BCUT2D eigenvalue weighted by molar-refractivity contribution is 0.583. The third kappa shape index (κ3) is 1.33. The number of nitrogens with two attached hydrogens (primary N) is 1. The minimum absolute atomic E-state index is 0.104. The van der Waals surface area contributed by atoms with Crippen LogP contribution in [0, 0.1) is 6.92 Å². The molecule has 0 saturated carbocycles. The van der Waals surface area contributed by atoms with E-state index in [0.717, 1.165) is 0 Å². The summed E-state index contributed by atoms with van der Waals surface area (Å²) in [5, 5.41) is 3.77. The van der Waals surface area contributed by atoms with Gasteiger partial charge in [0.2, 0.25) is 0 Å². The standard InChI is InChI=1S/C5H10N4O2S/c1-4-5(3-7-9(4)2)12(10,11)8-6/h3,8H,6H2,1-2H3. The van der Waals surface area contributed by atoms with Crippen LogP contribution in [0.15, 0.2) is 11.1 Å². The van der Waals surface area contributed by atoms with Crippen LogP contribution in [0.25, 0.3) is 0 Å². The largest absolute Gasteiger partial charge is 0.272 e. The summed E-state index contributed by atoms with van der Waals surface area (Å²) >= 11 is 0. The molecule has 0 amide bonds. The van der Waals surface area contributed by atoms with Crippen LogP contribution in [-0.4, -0.2) is 18.2 Å². The molecule has 1 heterocycles. The van der Waals surface area contributed by atoms with E-state index in [1.165, 1.54) is 10.9 Å². The number of nitrogens with zero attached hydrogens (tertiary/aromatic N) is 2. The average Bonchev–Trinajstić information content (AvgIpc) is 2.33. The number of hydrazine groups is 1. The van der Waals surface area contributed by atoms with Crippen molar-refractivity contribution in [3.05, 3.63) is 11.9 Å². The van der Waals surface area contributed by atoms with Gasteiger partial charge in [0, 0.05) is 7.05 Å². The summed E-state index contributed by atoms with van der Waals surface area (Å²) < 4.78 is 23.8. The molecule has 1 aromatic rings. The lowest BCUT2D eigenvalue weighted by atomic mass is 10.5. The van der Waals surface area contributed by atoms with Gasteiger partial charge >= 0.3 is 0 Å². The molecule has 0 spiro atoms. The van der Waals surface area contributed by atoms with Crippen LogP contribution in [0.1, 0.15) is 5.69 Å². The highest BCUT2D eigenvalue weighted by atomic mass is 32.2. The molecule has 7 heteroatoms. The summed E-state index contributed by atoms with van der Waals surface area (Å²) in [7, 11) is -1.91. The second-order valence-electron chi connectivity index (χ2n) is 2.34. The Balaban J connectivity index is 3.30. The van der Waals surface area contributed by atoms with Crippen molar-refractivity contribution in [3.63, 3.8) is 0 Å². The van der Waals surface area contributed by atoms with Gasteiger partial charge < -0.3 is 0 Å². The number of rotatable bonds is 2. The molecule has 1 aromatic heterocycles. The third-order valence-electron chi connectivity index (χ3n) is 1.63. The molecule has 0 saturated heterocycles. The Bertz CT molecular complexity index is 380. The van der Waals surface area contributed by atoms with Gasteiger partial charge in [-0.25, -0.2) is 8.42 Å². The van der Waals surface area contributed by atoms with Crippen molar-refractivity contribution in [2.24, 2.45) is 12.9 Å². The van der Waals surface area contributed by atoms with Crippen LogP contribution < -0.4 is 10.7 Å². The van der Waals surface area contributed by atoms with E-state index in [1.807, 2.05) is 0 Å². The fraction of sp³-hybridized carbons (Fsp3) is 0.400. The van der Waals surface area contributed by atoms with E-state index in [-0.39, 0.29) is 4.90 Å². The van der Waals surface area contributed by atoms with Crippen molar-refractivity contribution >= 4 is 10.0 Å². The van der Waals surface area contributed by atoms with E-state index < -0.39 is 10.0 Å². The Morgan fingerprint density at radius 3 is 2.58 bits per heavy atom. The van der Waals surface area contributed by atoms with E-state index in [2.05, 4.69) is 5.10 Å². The molecule has 0 aliphatic heterocycles. The SMILES string of the molecule is Cc1c(S(=O)(=O)NN)cnn1C. The molecule has 0 aliphatic rings. The van der Waals surface area contributed by atoms with Crippen LogP contribution >= 0.6 is 0 Å². The van der Waals surface area contributed by atoms with Crippen LogP contribution in [0.3, 0.4) is 0 Å². The molecule has 6 nitrogen and oxygen atoms in total. The van der Waals surface area contributed by atoms with Gasteiger partial charge in [-0.3, -0.25) is 10.5 Å². The van der Waals surface area contributed by atoms with E-state index in [4.69, 9.17) is 5.84 Å². The van der Waals surface area contributed by atoms with Gasteiger partial charge in [0.05, 0.1) is 11.9 Å². The molecule has 12 heavy (non-hydrogen) atoms. The molecular weight excluding hydrogens is 180 g/mol. The van der Waals surface area contributed by atoms with Gasteiger partial charge in [-0.2, -0.15) is 5.10 Å². The summed E-state index contributed by atoms with van der Waals surface area (Å²) in [6, 6.07) is 0. The first-order valence-electron chi connectivity index (χ1n) is 3.20. The molecule has 0 radical (unpaired) electrons. The minimum atomic E-state index is -3.56. The minimum Gasteiger partial charge on any atom is -0.272 e. The number of hydrogen-bond acceptors (Lipinski definition) is 4. The normalized spacial score (nSPS) is 11.9. The quantitative estimate of drug-likeness (QED) is 0.456. The van der Waals surface area contributed by atoms with Crippen LogP contribution in [0.2, 0.25) is 0 Å². The summed E-state index contributed by atoms with van der Waals surface area (Å²) in [5.41, 5.74) is 0.549. The lowest BCUT2D eigenvalue weighted by Gasteiger charge is -1.99. The molecule has 68 valence electrons. The topological polar surface area (TPSA) is 90.0 Å². The maximum Gasteiger partial charge on any atom is 0.256 e. The van der Waals surface area contributed by atoms with E-state index in [9.17, 15) is 8.42 Å². The molecule has 0 atom stereocenters. The van der Waals surface area contributed by atoms with Crippen molar-refractivity contribution in [2.45, 2.75) is 11.8 Å². The molecule has 0 unspecified atom stereocenters. The number of sulfonamides is 1. The Morgan fingerprint density at radius 1 is 1.67 bits per heavy atom. The first-order valence-corrected chi connectivity index (χ1v) is 4.68. The van der Waals surface area contributed by atoms with Crippen molar-refractivity contribution in [1.29, 1.82) is 0 Å². The van der Waals surface area contributed by atoms with Crippen LogP contribution in [0.5, 0.6) is 0 Å². The maximum atomic E-state index is 11.1. The van der Waals surface area contributed by atoms with Gasteiger partial charge in [-0.15, -0.1) is 4.83 Å². The molecular formula is C5H10N4O2S. The van der Waals surface area contributed by atoms with Crippen molar-refractivity contribution in [1.82, 2.24) is 14.6 Å². The molecule has 0 bridgehead atoms. The average molecular weight is 190 g/mol. The van der Waals surface area contributed by atoms with Crippen molar-refractivity contribution < 1.29 is 8.42 Å². The highest BCUT2D eigenvalue weighted by Crippen LogP contribution is 2.11. The maximum absolute atomic E-state index is 11.1. The molecule has 0 aromatic carbocycles. The summed E-state index contributed by atoms with van der Waals surface area (Å²) in [6.07, 6.45) is 1.25. The second kappa shape index (κ2) is 2.85. The monoisotopic (exact) mass is 190 g/mol. The first kappa shape index (κ1) is 9.17. The highest BCUT2D eigenvalue weighted by Gasteiger charge is 2.17. The van der Waals surface area contributed by atoms with Crippen molar-refractivity contribution in [3.8, 4) is 0 Å². The molecule has 0 aliphatic carbocycles. The number of hydrogen-bond donors (Lipinski definition) is 2. The summed E-state index contributed by atoms with van der Waals surface area (Å²) in [4.78, 5) is 1.83. The zero-order valence-corrected chi connectivity index (χ0v) is 7.59. The van der Waals surface area contributed by atoms with Crippen LogP contribution in [-0.2, 0) is 17.1 Å². The van der Waals surface area contributed by atoms with Gasteiger partial charge in [0.25, 0.3) is 10.0 Å². The predicted octanol–water partition coefficient (Wildman–Crippen LogP) is -1.12. The number of nitrogens with one attached hydrogen (secondary N) is 1. The second-order valence-corrected chi connectivity index (χ2v) is 4.02. The van der Waals surface area contributed by atoms with E-state index in [0.29, 0.717) is 5.69 Å². The van der Waals surface area contributed by atoms with Crippen molar-refractivity contribution in [2.75, 3.05) is 0 Å². The van der Waals surface area contributed by atoms with Gasteiger partial charge in [-0.1, -0.05) is 0 Å².